The predicted molar refractivity (Wildman–Crippen MR) is 57.0 cm³/mol. The molecule has 1 saturated carbocycles. The lowest BCUT2D eigenvalue weighted by atomic mass is 9.71. The molecule has 2 N–H and O–H groups in total. The number of ether oxygens (including phenoxy) is 2. The van der Waals surface area contributed by atoms with E-state index < -0.39 is 0 Å². The van der Waals surface area contributed by atoms with Crippen molar-refractivity contribution in [1.29, 1.82) is 0 Å². The van der Waals surface area contributed by atoms with Crippen LogP contribution in [-0.2, 0) is 5.54 Å². The quantitative estimate of drug-likeness (QED) is 0.763. The molecule has 3 nitrogen and oxygen atoms in total. The van der Waals surface area contributed by atoms with Gasteiger partial charge in [-0.3, -0.25) is 0 Å². The van der Waals surface area contributed by atoms with Crippen molar-refractivity contribution < 1.29 is 9.47 Å². The zero-order valence-electron chi connectivity index (χ0n) is 8.88. The highest BCUT2D eigenvalue weighted by atomic mass is 16.7. The number of hydrogen-bond donors (Lipinski definition) is 1. The van der Waals surface area contributed by atoms with Gasteiger partial charge in [-0.2, -0.15) is 0 Å². The van der Waals surface area contributed by atoms with Crippen LogP contribution in [0.3, 0.4) is 0 Å². The average molecular weight is 205 g/mol. The molecule has 1 fully saturated rings. The SMILES string of the molecule is Cc1c(C2(N)CCC2)ccc2c1OCO2. The molecule has 1 heterocycles. The molecular formula is C12H15NO2. The molecule has 0 atom stereocenters. The van der Waals surface area contributed by atoms with Crippen LogP contribution in [0, 0.1) is 6.92 Å². The molecular weight excluding hydrogens is 190 g/mol. The van der Waals surface area contributed by atoms with E-state index in [9.17, 15) is 0 Å². The molecule has 1 aliphatic carbocycles. The molecule has 0 radical (unpaired) electrons. The van der Waals surface area contributed by atoms with E-state index in [1.54, 1.807) is 0 Å². The van der Waals surface area contributed by atoms with Crippen molar-refractivity contribution in [3.63, 3.8) is 0 Å². The zero-order chi connectivity index (χ0) is 10.5. The highest BCUT2D eigenvalue weighted by Gasteiger charge is 2.37. The first-order valence-corrected chi connectivity index (χ1v) is 5.39. The monoisotopic (exact) mass is 205 g/mol. The van der Waals surface area contributed by atoms with Crippen LogP contribution in [0.2, 0.25) is 0 Å². The summed E-state index contributed by atoms with van der Waals surface area (Å²) in [5.41, 5.74) is 8.57. The summed E-state index contributed by atoms with van der Waals surface area (Å²) in [7, 11) is 0. The summed E-state index contributed by atoms with van der Waals surface area (Å²) in [5.74, 6) is 1.73. The number of rotatable bonds is 1. The summed E-state index contributed by atoms with van der Waals surface area (Å²) in [6, 6.07) is 4.06. The second-order valence-electron chi connectivity index (χ2n) is 4.48. The van der Waals surface area contributed by atoms with Crippen LogP contribution >= 0.6 is 0 Å². The van der Waals surface area contributed by atoms with Gasteiger partial charge in [0.2, 0.25) is 6.79 Å². The number of nitrogens with two attached hydrogens (primary N) is 1. The van der Waals surface area contributed by atoms with Gasteiger partial charge in [0.15, 0.2) is 11.5 Å². The van der Waals surface area contributed by atoms with Gasteiger partial charge in [-0.15, -0.1) is 0 Å². The third kappa shape index (κ3) is 1.16. The highest BCUT2D eigenvalue weighted by Crippen LogP contribution is 2.45. The van der Waals surface area contributed by atoms with Crippen molar-refractivity contribution in [3.8, 4) is 11.5 Å². The van der Waals surface area contributed by atoms with E-state index in [1.165, 1.54) is 12.0 Å². The molecule has 0 unspecified atom stereocenters. The van der Waals surface area contributed by atoms with Gasteiger partial charge in [-0.1, -0.05) is 6.07 Å². The predicted octanol–water partition coefficient (Wildman–Crippen LogP) is 2.06. The first kappa shape index (κ1) is 9.04. The van der Waals surface area contributed by atoms with Crippen molar-refractivity contribution in [2.24, 2.45) is 5.73 Å². The summed E-state index contributed by atoms with van der Waals surface area (Å²) >= 11 is 0. The molecule has 15 heavy (non-hydrogen) atoms. The summed E-state index contributed by atoms with van der Waals surface area (Å²) in [4.78, 5) is 0. The summed E-state index contributed by atoms with van der Waals surface area (Å²) in [6.07, 6.45) is 3.38. The standard InChI is InChI=1S/C12H15NO2/c1-8-9(12(13)5-2-6-12)3-4-10-11(8)15-7-14-10/h3-4H,2,5-7,13H2,1H3. The summed E-state index contributed by atoms with van der Waals surface area (Å²) < 4.78 is 10.8. The Bertz CT molecular complexity index is 410. The first-order chi connectivity index (χ1) is 7.21. The van der Waals surface area contributed by atoms with Crippen LogP contribution in [0.4, 0.5) is 0 Å². The molecule has 2 aliphatic rings. The fraction of sp³-hybridized carbons (Fsp3) is 0.500. The van der Waals surface area contributed by atoms with Crippen LogP contribution < -0.4 is 15.2 Å². The molecule has 0 saturated heterocycles. The van der Waals surface area contributed by atoms with E-state index in [0.717, 1.165) is 29.9 Å². The molecule has 0 bridgehead atoms. The fourth-order valence-corrected chi connectivity index (χ4v) is 2.48. The van der Waals surface area contributed by atoms with Crippen LogP contribution in [0.15, 0.2) is 12.1 Å². The van der Waals surface area contributed by atoms with E-state index in [-0.39, 0.29) is 5.54 Å². The lowest BCUT2D eigenvalue weighted by Crippen LogP contribution is -2.43. The maximum Gasteiger partial charge on any atom is 0.231 e. The molecule has 1 aromatic carbocycles. The normalized spacial score (nSPS) is 21.2. The molecule has 80 valence electrons. The average Bonchev–Trinajstić information content (AvgIpc) is 2.64. The molecule has 1 aromatic rings. The lowest BCUT2D eigenvalue weighted by molar-refractivity contribution is 0.173. The Balaban J connectivity index is 2.10. The molecule has 0 amide bonds. The van der Waals surface area contributed by atoms with E-state index in [4.69, 9.17) is 15.2 Å². The van der Waals surface area contributed by atoms with E-state index in [2.05, 4.69) is 13.0 Å². The topological polar surface area (TPSA) is 44.5 Å². The second kappa shape index (κ2) is 2.89. The number of fused-ring (bicyclic) bond motifs is 1. The minimum Gasteiger partial charge on any atom is -0.454 e. The van der Waals surface area contributed by atoms with Crippen LogP contribution in [-0.4, -0.2) is 6.79 Å². The minimum absolute atomic E-state index is 0.120. The Morgan fingerprint density at radius 1 is 1.27 bits per heavy atom. The number of benzene rings is 1. The molecule has 0 spiro atoms. The Morgan fingerprint density at radius 3 is 2.73 bits per heavy atom. The smallest absolute Gasteiger partial charge is 0.231 e. The lowest BCUT2D eigenvalue weighted by Gasteiger charge is -2.39. The Hall–Kier alpha value is -1.22. The van der Waals surface area contributed by atoms with E-state index in [0.29, 0.717) is 6.79 Å². The van der Waals surface area contributed by atoms with Crippen LogP contribution in [0.5, 0.6) is 11.5 Å². The minimum atomic E-state index is -0.120. The molecule has 1 aliphatic heterocycles. The zero-order valence-corrected chi connectivity index (χ0v) is 8.88. The fourth-order valence-electron chi connectivity index (χ4n) is 2.48. The van der Waals surface area contributed by atoms with Crippen molar-refractivity contribution in [1.82, 2.24) is 0 Å². The molecule has 3 rings (SSSR count). The third-order valence-corrected chi connectivity index (χ3v) is 3.57. The third-order valence-electron chi connectivity index (χ3n) is 3.57. The van der Waals surface area contributed by atoms with Crippen molar-refractivity contribution in [3.05, 3.63) is 23.3 Å². The van der Waals surface area contributed by atoms with Crippen molar-refractivity contribution in [2.75, 3.05) is 6.79 Å². The summed E-state index contributed by atoms with van der Waals surface area (Å²) in [6.45, 7) is 2.40. The first-order valence-electron chi connectivity index (χ1n) is 5.39. The maximum atomic E-state index is 6.32. The van der Waals surface area contributed by atoms with Crippen molar-refractivity contribution in [2.45, 2.75) is 31.7 Å². The van der Waals surface area contributed by atoms with Gasteiger partial charge < -0.3 is 15.2 Å². The Kier molecular flexibility index (Phi) is 1.74. The highest BCUT2D eigenvalue weighted by molar-refractivity contribution is 5.53. The largest absolute Gasteiger partial charge is 0.454 e. The van der Waals surface area contributed by atoms with Gasteiger partial charge in [-0.05, 0) is 37.8 Å². The van der Waals surface area contributed by atoms with Gasteiger partial charge in [0.05, 0.1) is 0 Å². The van der Waals surface area contributed by atoms with Gasteiger partial charge in [0.25, 0.3) is 0 Å². The number of hydrogen-bond acceptors (Lipinski definition) is 3. The van der Waals surface area contributed by atoms with Gasteiger partial charge >= 0.3 is 0 Å². The van der Waals surface area contributed by atoms with E-state index >= 15 is 0 Å². The van der Waals surface area contributed by atoms with E-state index in [1.807, 2.05) is 6.07 Å². The molecule has 3 heteroatoms. The van der Waals surface area contributed by atoms with Gasteiger partial charge in [-0.25, -0.2) is 0 Å². The summed E-state index contributed by atoms with van der Waals surface area (Å²) in [5, 5.41) is 0. The van der Waals surface area contributed by atoms with Crippen molar-refractivity contribution >= 4 is 0 Å². The Labute approximate surface area is 89.2 Å². The van der Waals surface area contributed by atoms with Crippen LogP contribution in [0.1, 0.15) is 30.4 Å². The van der Waals surface area contributed by atoms with Gasteiger partial charge in [0, 0.05) is 11.1 Å². The maximum absolute atomic E-state index is 6.32. The molecule has 0 aromatic heterocycles. The van der Waals surface area contributed by atoms with Gasteiger partial charge in [0.1, 0.15) is 0 Å². The Morgan fingerprint density at radius 2 is 2.07 bits per heavy atom. The second-order valence-corrected chi connectivity index (χ2v) is 4.48. The van der Waals surface area contributed by atoms with Crippen LogP contribution in [0.25, 0.3) is 0 Å².